The molecule has 0 aromatic heterocycles. The van der Waals surface area contributed by atoms with Crippen molar-refractivity contribution < 1.29 is 9.47 Å². The van der Waals surface area contributed by atoms with Crippen molar-refractivity contribution in [2.45, 2.75) is 25.1 Å². The first-order valence-electron chi connectivity index (χ1n) is 3.96. The fraction of sp³-hybridized carbons (Fsp3) is 0.875. The van der Waals surface area contributed by atoms with E-state index < -0.39 is 5.72 Å². The minimum Gasteiger partial charge on any atom is -0.376 e. The minimum atomic E-state index is -0.604. The lowest BCUT2D eigenvalue weighted by Crippen LogP contribution is -2.54. The van der Waals surface area contributed by atoms with Crippen LogP contribution in [0, 0.1) is 0 Å². The van der Waals surface area contributed by atoms with Crippen LogP contribution in [-0.2, 0) is 9.47 Å². The van der Waals surface area contributed by atoms with E-state index in [4.69, 9.17) is 15.2 Å². The maximum atomic E-state index is 5.65. The molecule has 0 radical (unpaired) electrons. The number of nitrogens with zero attached hydrogens (tertiary/aromatic N) is 1. The lowest BCUT2D eigenvalue weighted by Gasteiger charge is -2.38. The Kier molecular flexibility index (Phi) is 2.51. The maximum absolute atomic E-state index is 5.65. The normalized spacial score (nSPS) is 21.6. The monoisotopic (exact) mass is 172 g/mol. The van der Waals surface area contributed by atoms with Crippen molar-refractivity contribution in [3.05, 3.63) is 0 Å². The third-order valence-electron chi connectivity index (χ3n) is 1.79. The van der Waals surface area contributed by atoms with Gasteiger partial charge in [-0.15, -0.1) is 0 Å². The van der Waals surface area contributed by atoms with E-state index >= 15 is 0 Å². The molecule has 1 fully saturated rings. The Morgan fingerprint density at radius 3 is 2.50 bits per heavy atom. The van der Waals surface area contributed by atoms with E-state index in [0.717, 1.165) is 0 Å². The van der Waals surface area contributed by atoms with Crippen molar-refractivity contribution in [1.29, 1.82) is 0 Å². The zero-order valence-corrected chi connectivity index (χ0v) is 7.67. The van der Waals surface area contributed by atoms with Gasteiger partial charge in [-0.1, -0.05) is 0 Å². The third-order valence-corrected chi connectivity index (χ3v) is 1.79. The van der Waals surface area contributed by atoms with Gasteiger partial charge in [0, 0.05) is 0 Å². The van der Waals surface area contributed by atoms with Gasteiger partial charge in [0.25, 0.3) is 0 Å². The molecule has 2 N–H and O–H groups in total. The van der Waals surface area contributed by atoms with Gasteiger partial charge >= 0.3 is 0 Å². The van der Waals surface area contributed by atoms with Crippen LogP contribution in [0.3, 0.4) is 0 Å². The van der Waals surface area contributed by atoms with Gasteiger partial charge in [0.2, 0.25) is 0 Å². The molecule has 0 amide bonds. The number of hydrogen-bond acceptors (Lipinski definition) is 4. The molecule has 1 aliphatic heterocycles. The number of nitrogens with two attached hydrogens (primary N) is 1. The van der Waals surface area contributed by atoms with Crippen molar-refractivity contribution in [3.8, 4) is 0 Å². The minimum absolute atomic E-state index is 0.239. The Hall–Kier alpha value is -0.450. The van der Waals surface area contributed by atoms with Gasteiger partial charge in [-0.3, -0.25) is 4.99 Å². The standard InChI is InChI=1S/C8H16N2O2/c1-7(2,9)12-6-8(10-3)4-11-5-8/h3-6,9H2,1-2H3. The predicted octanol–water partition coefficient (Wildman–Crippen LogP) is 0.167. The Bertz CT molecular complexity index is 170. The van der Waals surface area contributed by atoms with E-state index in [1.54, 1.807) is 0 Å². The van der Waals surface area contributed by atoms with Crippen LogP contribution in [0.5, 0.6) is 0 Å². The second-order valence-electron chi connectivity index (χ2n) is 3.77. The van der Waals surface area contributed by atoms with Crippen molar-refractivity contribution in [3.63, 3.8) is 0 Å². The molecule has 0 aromatic rings. The highest BCUT2D eigenvalue weighted by molar-refractivity contribution is 5.27. The molecule has 0 aliphatic carbocycles. The first kappa shape index (κ1) is 9.64. The summed E-state index contributed by atoms with van der Waals surface area (Å²) in [7, 11) is 0. The summed E-state index contributed by atoms with van der Waals surface area (Å²) in [5.74, 6) is 0. The fourth-order valence-corrected chi connectivity index (χ4v) is 0.878. The molecule has 0 aromatic carbocycles. The van der Waals surface area contributed by atoms with Gasteiger partial charge in [-0.25, -0.2) is 0 Å². The Balaban J connectivity index is 2.34. The molecule has 12 heavy (non-hydrogen) atoms. The van der Waals surface area contributed by atoms with Crippen molar-refractivity contribution in [1.82, 2.24) is 0 Å². The second-order valence-corrected chi connectivity index (χ2v) is 3.77. The highest BCUT2D eigenvalue weighted by atomic mass is 16.5. The van der Waals surface area contributed by atoms with Crippen LogP contribution in [0.15, 0.2) is 4.99 Å². The Morgan fingerprint density at radius 1 is 1.67 bits per heavy atom. The molecular weight excluding hydrogens is 156 g/mol. The van der Waals surface area contributed by atoms with Crippen LogP contribution < -0.4 is 5.73 Å². The van der Waals surface area contributed by atoms with E-state index in [-0.39, 0.29) is 5.54 Å². The number of ether oxygens (including phenoxy) is 2. The lowest BCUT2D eigenvalue weighted by molar-refractivity contribution is -0.122. The topological polar surface area (TPSA) is 56.8 Å². The summed E-state index contributed by atoms with van der Waals surface area (Å²) in [4.78, 5) is 3.97. The van der Waals surface area contributed by atoms with Gasteiger partial charge in [0.1, 0.15) is 11.3 Å². The van der Waals surface area contributed by atoms with Crippen LogP contribution in [0.25, 0.3) is 0 Å². The van der Waals surface area contributed by atoms with Crippen LogP contribution >= 0.6 is 0 Å². The average molecular weight is 172 g/mol. The highest BCUT2D eigenvalue weighted by Gasteiger charge is 2.38. The van der Waals surface area contributed by atoms with Crippen molar-refractivity contribution >= 4 is 6.72 Å². The third kappa shape index (κ3) is 2.27. The van der Waals surface area contributed by atoms with E-state index in [2.05, 4.69) is 11.7 Å². The Morgan fingerprint density at radius 2 is 2.25 bits per heavy atom. The zero-order chi connectivity index (χ0) is 9.24. The second kappa shape index (κ2) is 3.12. The highest BCUT2D eigenvalue weighted by Crippen LogP contribution is 2.22. The molecule has 1 saturated heterocycles. The van der Waals surface area contributed by atoms with Crippen LogP contribution in [0.1, 0.15) is 13.8 Å². The molecular formula is C8H16N2O2. The largest absolute Gasteiger partial charge is 0.376 e. The molecule has 1 aliphatic rings. The van der Waals surface area contributed by atoms with Gasteiger partial charge in [0.15, 0.2) is 0 Å². The fourth-order valence-electron chi connectivity index (χ4n) is 0.878. The summed E-state index contributed by atoms with van der Waals surface area (Å²) >= 11 is 0. The summed E-state index contributed by atoms with van der Waals surface area (Å²) in [6.07, 6.45) is 0. The predicted molar refractivity (Wildman–Crippen MR) is 47.3 cm³/mol. The maximum Gasteiger partial charge on any atom is 0.130 e. The van der Waals surface area contributed by atoms with Crippen molar-refractivity contribution in [2.24, 2.45) is 10.7 Å². The first-order chi connectivity index (χ1) is 5.47. The van der Waals surface area contributed by atoms with E-state index in [1.807, 2.05) is 13.8 Å². The lowest BCUT2D eigenvalue weighted by atomic mass is 10.00. The smallest absolute Gasteiger partial charge is 0.130 e. The van der Waals surface area contributed by atoms with Crippen LogP contribution in [0.4, 0.5) is 0 Å². The van der Waals surface area contributed by atoms with Gasteiger partial charge in [-0.2, -0.15) is 0 Å². The summed E-state index contributed by atoms with van der Waals surface area (Å²) in [5.41, 5.74) is 4.81. The summed E-state index contributed by atoms with van der Waals surface area (Å²) in [5, 5.41) is 0. The average Bonchev–Trinajstić information content (AvgIpc) is 1.84. The molecule has 1 rings (SSSR count). The van der Waals surface area contributed by atoms with Crippen LogP contribution in [0.2, 0.25) is 0 Å². The van der Waals surface area contributed by atoms with Gasteiger partial charge < -0.3 is 15.2 Å². The molecule has 4 nitrogen and oxygen atoms in total. The molecule has 4 heteroatoms. The molecule has 0 bridgehead atoms. The SMILES string of the molecule is C=NC1(COC(C)(C)N)COC1. The summed E-state index contributed by atoms with van der Waals surface area (Å²) < 4.78 is 10.4. The summed E-state index contributed by atoms with van der Waals surface area (Å²) in [6, 6.07) is 0. The quantitative estimate of drug-likeness (QED) is 0.485. The molecule has 0 atom stereocenters. The van der Waals surface area contributed by atoms with Gasteiger partial charge in [0.05, 0.1) is 19.8 Å². The number of aliphatic imine (C=N–C) groups is 1. The van der Waals surface area contributed by atoms with Crippen molar-refractivity contribution in [2.75, 3.05) is 19.8 Å². The van der Waals surface area contributed by atoms with Crippen LogP contribution in [-0.4, -0.2) is 37.8 Å². The molecule has 0 spiro atoms. The van der Waals surface area contributed by atoms with E-state index in [1.165, 1.54) is 0 Å². The zero-order valence-electron chi connectivity index (χ0n) is 7.67. The van der Waals surface area contributed by atoms with Gasteiger partial charge in [-0.05, 0) is 20.6 Å². The van der Waals surface area contributed by atoms with E-state index in [9.17, 15) is 0 Å². The summed E-state index contributed by atoms with van der Waals surface area (Å²) in [6.45, 7) is 8.79. The molecule has 0 saturated carbocycles. The number of hydrogen-bond donors (Lipinski definition) is 1. The number of rotatable bonds is 4. The molecule has 0 unspecified atom stereocenters. The Labute approximate surface area is 72.8 Å². The molecule has 70 valence electrons. The molecule has 1 heterocycles. The van der Waals surface area contributed by atoms with E-state index in [0.29, 0.717) is 19.8 Å². The first-order valence-corrected chi connectivity index (χ1v) is 3.96.